The number of halogens is 2. The average Bonchev–Trinajstić information content (AvgIpc) is 2.38. The maximum Gasteiger partial charge on any atom is 0.0746 e. The van der Waals surface area contributed by atoms with E-state index in [0.717, 1.165) is 37.9 Å². The SMILES string of the molecule is CC1(O)CCCN(CCC(N)c2cccc(Cl)c2Cl)C1. The number of likely N-dealkylation sites (tertiary alicyclic amines) is 1. The first-order valence-corrected chi connectivity index (χ1v) is 7.79. The Hall–Kier alpha value is -0.320. The highest BCUT2D eigenvalue weighted by molar-refractivity contribution is 6.42. The quantitative estimate of drug-likeness (QED) is 0.896. The molecular weight excluding hydrogens is 295 g/mol. The monoisotopic (exact) mass is 316 g/mol. The number of hydrogen-bond donors (Lipinski definition) is 2. The number of benzene rings is 1. The third-order valence-electron chi connectivity index (χ3n) is 3.89. The number of nitrogens with two attached hydrogens (primary N) is 1. The number of rotatable bonds is 4. The molecule has 2 unspecified atom stereocenters. The van der Waals surface area contributed by atoms with E-state index in [4.69, 9.17) is 28.9 Å². The Morgan fingerprint density at radius 1 is 1.45 bits per heavy atom. The van der Waals surface area contributed by atoms with Crippen molar-refractivity contribution in [3.63, 3.8) is 0 Å². The molecule has 1 aromatic carbocycles. The average molecular weight is 317 g/mol. The zero-order chi connectivity index (χ0) is 14.8. The molecule has 2 atom stereocenters. The van der Waals surface area contributed by atoms with Crippen molar-refractivity contribution < 1.29 is 5.11 Å². The van der Waals surface area contributed by atoms with E-state index in [9.17, 15) is 5.11 Å². The van der Waals surface area contributed by atoms with Crippen molar-refractivity contribution in [2.45, 2.75) is 37.8 Å². The molecule has 1 aliphatic rings. The standard InChI is InChI=1S/C15H22Cl2N2O/c1-15(20)7-3-8-19(10-15)9-6-13(18)11-4-2-5-12(16)14(11)17/h2,4-5,13,20H,3,6-10,18H2,1H3. The summed E-state index contributed by atoms with van der Waals surface area (Å²) in [7, 11) is 0. The molecule has 2 rings (SSSR count). The van der Waals surface area contributed by atoms with Crippen molar-refractivity contribution in [1.29, 1.82) is 0 Å². The first-order chi connectivity index (χ1) is 9.39. The maximum atomic E-state index is 10.1. The lowest BCUT2D eigenvalue weighted by atomic mass is 9.94. The molecular formula is C15H22Cl2N2O. The van der Waals surface area contributed by atoms with Crippen LogP contribution in [-0.2, 0) is 0 Å². The summed E-state index contributed by atoms with van der Waals surface area (Å²) in [5.41, 5.74) is 6.54. The minimum Gasteiger partial charge on any atom is -0.389 e. The lowest BCUT2D eigenvalue weighted by Gasteiger charge is -2.37. The van der Waals surface area contributed by atoms with E-state index in [1.165, 1.54) is 0 Å². The van der Waals surface area contributed by atoms with Crippen molar-refractivity contribution in [2.75, 3.05) is 19.6 Å². The van der Waals surface area contributed by atoms with E-state index < -0.39 is 5.60 Å². The fourth-order valence-electron chi connectivity index (χ4n) is 2.80. The normalized spacial score (nSPS) is 25.6. The van der Waals surface area contributed by atoms with Crippen LogP contribution < -0.4 is 5.73 Å². The second-order valence-electron chi connectivity index (χ2n) is 5.91. The van der Waals surface area contributed by atoms with Crippen LogP contribution in [0, 0.1) is 0 Å². The highest BCUT2D eigenvalue weighted by Crippen LogP contribution is 2.30. The molecule has 0 aromatic heterocycles. The Kier molecular flexibility index (Phi) is 5.32. The van der Waals surface area contributed by atoms with Crippen LogP contribution in [0.4, 0.5) is 0 Å². The minimum absolute atomic E-state index is 0.131. The molecule has 3 N–H and O–H groups in total. The van der Waals surface area contributed by atoms with E-state index in [2.05, 4.69) is 4.90 Å². The lowest BCUT2D eigenvalue weighted by molar-refractivity contribution is -0.0161. The summed E-state index contributed by atoms with van der Waals surface area (Å²) in [6.45, 7) is 4.49. The molecule has 112 valence electrons. The van der Waals surface area contributed by atoms with Gasteiger partial charge in [-0.25, -0.2) is 0 Å². The predicted octanol–water partition coefficient (Wildman–Crippen LogP) is 3.23. The van der Waals surface area contributed by atoms with E-state index in [1.807, 2.05) is 19.1 Å². The van der Waals surface area contributed by atoms with Gasteiger partial charge in [-0.1, -0.05) is 35.3 Å². The van der Waals surface area contributed by atoms with Crippen molar-refractivity contribution >= 4 is 23.2 Å². The van der Waals surface area contributed by atoms with Gasteiger partial charge in [-0.05, 0) is 44.4 Å². The molecule has 1 fully saturated rings. The molecule has 1 saturated heterocycles. The Labute approximate surface area is 130 Å². The van der Waals surface area contributed by atoms with Crippen LogP contribution in [-0.4, -0.2) is 35.2 Å². The molecule has 0 amide bonds. The van der Waals surface area contributed by atoms with Crippen LogP contribution in [0.1, 0.15) is 37.8 Å². The van der Waals surface area contributed by atoms with Crippen LogP contribution in [0.15, 0.2) is 18.2 Å². The van der Waals surface area contributed by atoms with Crippen LogP contribution in [0.2, 0.25) is 10.0 Å². The Morgan fingerprint density at radius 2 is 2.20 bits per heavy atom. The molecule has 1 heterocycles. The van der Waals surface area contributed by atoms with Gasteiger partial charge in [0.25, 0.3) is 0 Å². The second kappa shape index (κ2) is 6.63. The number of β-amino-alcohol motifs (C(OH)–C–C–N with tert-alkyl or cyclic N) is 1. The maximum absolute atomic E-state index is 10.1. The molecule has 20 heavy (non-hydrogen) atoms. The molecule has 0 spiro atoms. The van der Waals surface area contributed by atoms with Gasteiger partial charge in [0.15, 0.2) is 0 Å². The summed E-state index contributed by atoms with van der Waals surface area (Å²) in [5.74, 6) is 0. The molecule has 1 aliphatic heterocycles. The molecule has 5 heteroatoms. The topological polar surface area (TPSA) is 49.5 Å². The summed E-state index contributed by atoms with van der Waals surface area (Å²) < 4.78 is 0. The first kappa shape index (κ1) is 16.1. The van der Waals surface area contributed by atoms with Crippen LogP contribution >= 0.6 is 23.2 Å². The summed E-state index contributed by atoms with van der Waals surface area (Å²) >= 11 is 12.2. The fraction of sp³-hybridized carbons (Fsp3) is 0.600. The van der Waals surface area contributed by atoms with Crippen LogP contribution in [0.5, 0.6) is 0 Å². The van der Waals surface area contributed by atoms with Crippen LogP contribution in [0.3, 0.4) is 0 Å². The Bertz CT molecular complexity index is 465. The number of aliphatic hydroxyl groups is 1. The van der Waals surface area contributed by atoms with Crippen molar-refractivity contribution in [2.24, 2.45) is 5.73 Å². The summed E-state index contributed by atoms with van der Waals surface area (Å²) in [4.78, 5) is 2.27. The lowest BCUT2D eigenvalue weighted by Crippen LogP contribution is -2.46. The van der Waals surface area contributed by atoms with Crippen LogP contribution in [0.25, 0.3) is 0 Å². The van der Waals surface area contributed by atoms with Crippen molar-refractivity contribution in [3.8, 4) is 0 Å². The highest BCUT2D eigenvalue weighted by Gasteiger charge is 2.28. The van der Waals surface area contributed by atoms with Gasteiger partial charge < -0.3 is 15.7 Å². The molecule has 0 bridgehead atoms. The number of piperidine rings is 1. The molecule has 0 radical (unpaired) electrons. The first-order valence-electron chi connectivity index (χ1n) is 7.03. The van der Waals surface area contributed by atoms with Gasteiger partial charge in [-0.15, -0.1) is 0 Å². The highest BCUT2D eigenvalue weighted by atomic mass is 35.5. The molecule has 1 aromatic rings. The smallest absolute Gasteiger partial charge is 0.0746 e. The molecule has 0 aliphatic carbocycles. The van der Waals surface area contributed by atoms with Gasteiger partial charge in [-0.2, -0.15) is 0 Å². The summed E-state index contributed by atoms with van der Waals surface area (Å²) in [6, 6.07) is 5.43. The van der Waals surface area contributed by atoms with E-state index in [-0.39, 0.29) is 6.04 Å². The van der Waals surface area contributed by atoms with E-state index >= 15 is 0 Å². The summed E-state index contributed by atoms with van der Waals surface area (Å²) in [5, 5.41) is 11.2. The van der Waals surface area contributed by atoms with E-state index in [0.29, 0.717) is 16.6 Å². The zero-order valence-electron chi connectivity index (χ0n) is 11.8. The third kappa shape index (κ3) is 4.09. The fourth-order valence-corrected chi connectivity index (χ4v) is 3.25. The zero-order valence-corrected chi connectivity index (χ0v) is 13.3. The van der Waals surface area contributed by atoms with Crippen molar-refractivity contribution in [3.05, 3.63) is 33.8 Å². The minimum atomic E-state index is -0.573. The number of nitrogens with zero attached hydrogens (tertiary/aromatic N) is 1. The van der Waals surface area contributed by atoms with Gasteiger partial charge >= 0.3 is 0 Å². The summed E-state index contributed by atoms with van der Waals surface area (Å²) in [6.07, 6.45) is 2.70. The van der Waals surface area contributed by atoms with Gasteiger partial charge in [0.2, 0.25) is 0 Å². The largest absolute Gasteiger partial charge is 0.389 e. The Balaban J connectivity index is 1.92. The van der Waals surface area contributed by atoms with Gasteiger partial charge in [-0.3, -0.25) is 0 Å². The second-order valence-corrected chi connectivity index (χ2v) is 6.70. The predicted molar refractivity (Wildman–Crippen MR) is 84.3 cm³/mol. The van der Waals surface area contributed by atoms with Crippen molar-refractivity contribution in [1.82, 2.24) is 4.90 Å². The molecule has 0 saturated carbocycles. The van der Waals surface area contributed by atoms with Gasteiger partial charge in [0, 0.05) is 19.1 Å². The van der Waals surface area contributed by atoms with Gasteiger partial charge in [0.1, 0.15) is 0 Å². The van der Waals surface area contributed by atoms with Gasteiger partial charge in [0.05, 0.1) is 15.6 Å². The van der Waals surface area contributed by atoms with E-state index in [1.54, 1.807) is 6.07 Å². The third-order valence-corrected chi connectivity index (χ3v) is 4.72. The molecule has 3 nitrogen and oxygen atoms in total. The Morgan fingerprint density at radius 3 is 2.90 bits per heavy atom. The number of hydrogen-bond acceptors (Lipinski definition) is 3.